The third-order valence-electron chi connectivity index (χ3n) is 4.35. The molecule has 0 aromatic heterocycles. The van der Waals surface area contributed by atoms with E-state index in [1.807, 2.05) is 49.4 Å². The molecule has 0 saturated heterocycles. The van der Waals surface area contributed by atoms with E-state index in [2.05, 4.69) is 0 Å². The number of nitrogens with zero attached hydrogens (tertiary/aromatic N) is 1. The summed E-state index contributed by atoms with van der Waals surface area (Å²) < 4.78 is 0. The summed E-state index contributed by atoms with van der Waals surface area (Å²) in [6.45, 7) is 2.05. The molecule has 3 nitrogen and oxygen atoms in total. The number of benzene rings is 3. The lowest BCUT2D eigenvalue weighted by atomic mass is 10.00. The molecule has 3 aromatic rings. The molecular formula is C21H15NO2. The van der Waals surface area contributed by atoms with Gasteiger partial charge in [-0.2, -0.15) is 0 Å². The predicted octanol–water partition coefficient (Wildman–Crippen LogP) is 4.46. The normalized spacial score (nSPS) is 13.3. The molecule has 4 rings (SSSR count). The summed E-state index contributed by atoms with van der Waals surface area (Å²) in [6.07, 6.45) is 0. The lowest BCUT2D eigenvalue weighted by molar-refractivity contribution is 0.0926. The van der Waals surface area contributed by atoms with Gasteiger partial charge in [-0.3, -0.25) is 9.59 Å². The highest BCUT2D eigenvalue weighted by Gasteiger charge is 2.36. The number of fused-ring (bicyclic) bond motifs is 1. The number of imide groups is 1. The van der Waals surface area contributed by atoms with Gasteiger partial charge in [0, 0.05) is 0 Å². The first-order valence-corrected chi connectivity index (χ1v) is 7.81. The van der Waals surface area contributed by atoms with Gasteiger partial charge in [0.05, 0.1) is 16.8 Å². The van der Waals surface area contributed by atoms with E-state index >= 15 is 0 Å². The van der Waals surface area contributed by atoms with Crippen LogP contribution in [0.4, 0.5) is 5.69 Å². The molecule has 1 aliphatic rings. The summed E-state index contributed by atoms with van der Waals surface area (Å²) in [5, 5.41) is 0. The van der Waals surface area contributed by atoms with E-state index in [4.69, 9.17) is 0 Å². The van der Waals surface area contributed by atoms with Crippen LogP contribution in [0, 0.1) is 6.92 Å². The molecule has 0 spiro atoms. The SMILES string of the molecule is Cc1ccccc1-c1cccc(N2C(=O)c3ccccc3C2=O)c1. The van der Waals surface area contributed by atoms with Crippen LogP contribution < -0.4 is 4.90 Å². The first-order chi connectivity index (χ1) is 11.7. The molecule has 0 bridgehead atoms. The summed E-state index contributed by atoms with van der Waals surface area (Å²) in [7, 11) is 0. The Morgan fingerprint density at radius 1 is 0.667 bits per heavy atom. The largest absolute Gasteiger partial charge is 0.268 e. The summed E-state index contributed by atoms with van der Waals surface area (Å²) in [5.74, 6) is -0.532. The van der Waals surface area contributed by atoms with Gasteiger partial charge in [0.25, 0.3) is 11.8 Å². The van der Waals surface area contributed by atoms with Gasteiger partial charge in [0.15, 0.2) is 0 Å². The Morgan fingerprint density at radius 3 is 1.88 bits per heavy atom. The van der Waals surface area contributed by atoms with E-state index in [-0.39, 0.29) is 11.8 Å². The minimum atomic E-state index is -0.266. The first kappa shape index (κ1) is 14.4. The molecule has 2 amide bonds. The van der Waals surface area contributed by atoms with E-state index in [9.17, 15) is 9.59 Å². The number of amides is 2. The smallest absolute Gasteiger partial charge is 0.266 e. The van der Waals surface area contributed by atoms with E-state index < -0.39 is 0 Å². The molecule has 0 saturated carbocycles. The molecule has 3 aromatic carbocycles. The maximum atomic E-state index is 12.6. The van der Waals surface area contributed by atoms with Crippen molar-refractivity contribution in [3.8, 4) is 11.1 Å². The minimum absolute atomic E-state index is 0.266. The first-order valence-electron chi connectivity index (χ1n) is 7.81. The van der Waals surface area contributed by atoms with Crippen LogP contribution in [0.3, 0.4) is 0 Å². The monoisotopic (exact) mass is 313 g/mol. The van der Waals surface area contributed by atoms with Crippen LogP contribution in [0.2, 0.25) is 0 Å². The molecule has 24 heavy (non-hydrogen) atoms. The van der Waals surface area contributed by atoms with Crippen molar-refractivity contribution >= 4 is 17.5 Å². The van der Waals surface area contributed by atoms with Gasteiger partial charge in [0.2, 0.25) is 0 Å². The van der Waals surface area contributed by atoms with Crippen LogP contribution in [-0.4, -0.2) is 11.8 Å². The molecule has 1 aliphatic heterocycles. The van der Waals surface area contributed by atoms with Crippen molar-refractivity contribution in [2.75, 3.05) is 4.90 Å². The second kappa shape index (κ2) is 5.46. The highest BCUT2D eigenvalue weighted by Crippen LogP contribution is 2.32. The summed E-state index contributed by atoms with van der Waals surface area (Å²) in [5.41, 5.74) is 4.75. The van der Waals surface area contributed by atoms with E-state index in [1.165, 1.54) is 4.90 Å². The van der Waals surface area contributed by atoms with Crippen LogP contribution in [0.15, 0.2) is 72.8 Å². The van der Waals surface area contributed by atoms with Crippen molar-refractivity contribution in [2.24, 2.45) is 0 Å². The highest BCUT2D eigenvalue weighted by molar-refractivity contribution is 6.34. The van der Waals surface area contributed by atoms with Crippen molar-refractivity contribution in [3.63, 3.8) is 0 Å². The highest BCUT2D eigenvalue weighted by atomic mass is 16.2. The van der Waals surface area contributed by atoms with Gasteiger partial charge >= 0.3 is 0 Å². The molecule has 3 heteroatoms. The molecular weight excluding hydrogens is 298 g/mol. The Kier molecular flexibility index (Phi) is 3.28. The maximum Gasteiger partial charge on any atom is 0.266 e. The predicted molar refractivity (Wildman–Crippen MR) is 94.2 cm³/mol. The fourth-order valence-corrected chi connectivity index (χ4v) is 3.13. The zero-order valence-electron chi connectivity index (χ0n) is 13.2. The lowest BCUT2D eigenvalue weighted by Gasteiger charge is -2.15. The summed E-state index contributed by atoms with van der Waals surface area (Å²) >= 11 is 0. The Hall–Kier alpha value is -3.20. The van der Waals surface area contributed by atoms with Gasteiger partial charge in [-0.15, -0.1) is 0 Å². The second-order valence-electron chi connectivity index (χ2n) is 5.86. The van der Waals surface area contributed by atoms with Gasteiger partial charge in [-0.25, -0.2) is 4.90 Å². The number of hydrogen-bond acceptors (Lipinski definition) is 2. The van der Waals surface area contributed by atoms with Crippen LogP contribution >= 0.6 is 0 Å². The van der Waals surface area contributed by atoms with Crippen molar-refractivity contribution in [1.29, 1.82) is 0 Å². The Balaban J connectivity index is 1.80. The van der Waals surface area contributed by atoms with Gasteiger partial charge < -0.3 is 0 Å². The lowest BCUT2D eigenvalue weighted by Crippen LogP contribution is -2.29. The maximum absolute atomic E-state index is 12.6. The topological polar surface area (TPSA) is 37.4 Å². The summed E-state index contributed by atoms with van der Waals surface area (Å²) in [4.78, 5) is 26.5. The molecule has 0 N–H and O–H groups in total. The fourth-order valence-electron chi connectivity index (χ4n) is 3.13. The third kappa shape index (κ3) is 2.14. The number of rotatable bonds is 2. The molecule has 1 heterocycles. The molecule has 0 aliphatic carbocycles. The standard InChI is InChI=1S/C21H15NO2/c1-14-7-2-3-10-17(14)15-8-6-9-16(13-15)22-20(23)18-11-4-5-12-19(18)21(22)24/h2-13H,1H3. The second-order valence-corrected chi connectivity index (χ2v) is 5.86. The van der Waals surface area contributed by atoms with E-state index in [0.717, 1.165) is 16.7 Å². The van der Waals surface area contributed by atoms with Crippen molar-refractivity contribution in [2.45, 2.75) is 6.92 Å². The fraction of sp³-hybridized carbons (Fsp3) is 0.0476. The molecule has 0 radical (unpaired) electrons. The van der Waals surface area contributed by atoms with Gasteiger partial charge in [0.1, 0.15) is 0 Å². The van der Waals surface area contributed by atoms with Crippen molar-refractivity contribution in [3.05, 3.63) is 89.5 Å². The summed E-state index contributed by atoms with van der Waals surface area (Å²) in [6, 6.07) is 22.6. The number of carbonyl (C=O) groups excluding carboxylic acids is 2. The Labute approximate surface area is 140 Å². The quantitative estimate of drug-likeness (QED) is 0.655. The van der Waals surface area contributed by atoms with Crippen LogP contribution in [0.25, 0.3) is 11.1 Å². The molecule has 0 atom stereocenters. The number of carbonyl (C=O) groups is 2. The Bertz CT molecular complexity index is 940. The average Bonchev–Trinajstić information content (AvgIpc) is 2.87. The zero-order chi connectivity index (χ0) is 16.7. The van der Waals surface area contributed by atoms with Gasteiger partial charge in [-0.1, -0.05) is 48.5 Å². The van der Waals surface area contributed by atoms with Crippen LogP contribution in [0.5, 0.6) is 0 Å². The minimum Gasteiger partial charge on any atom is -0.268 e. The zero-order valence-corrected chi connectivity index (χ0v) is 13.2. The molecule has 0 unspecified atom stereocenters. The number of anilines is 1. The molecule has 116 valence electrons. The number of hydrogen-bond donors (Lipinski definition) is 0. The third-order valence-corrected chi connectivity index (χ3v) is 4.35. The van der Waals surface area contributed by atoms with Crippen molar-refractivity contribution < 1.29 is 9.59 Å². The van der Waals surface area contributed by atoms with E-state index in [0.29, 0.717) is 16.8 Å². The van der Waals surface area contributed by atoms with Gasteiger partial charge in [-0.05, 0) is 47.9 Å². The number of aryl methyl sites for hydroxylation is 1. The van der Waals surface area contributed by atoms with Crippen molar-refractivity contribution in [1.82, 2.24) is 0 Å². The van der Waals surface area contributed by atoms with Crippen LogP contribution in [-0.2, 0) is 0 Å². The van der Waals surface area contributed by atoms with E-state index in [1.54, 1.807) is 30.3 Å². The van der Waals surface area contributed by atoms with Crippen LogP contribution in [0.1, 0.15) is 26.3 Å². The average molecular weight is 313 g/mol. The Morgan fingerprint density at radius 2 is 1.25 bits per heavy atom. The molecule has 0 fully saturated rings.